The molecule has 0 heterocycles. The summed E-state index contributed by atoms with van der Waals surface area (Å²) >= 11 is 0. The van der Waals surface area contributed by atoms with Gasteiger partial charge in [0.25, 0.3) is 0 Å². The number of hydrogen-bond acceptors (Lipinski definition) is 3. The number of hydroxylamine groups is 1. The number of benzene rings is 3. The van der Waals surface area contributed by atoms with Crippen molar-refractivity contribution in [1.82, 2.24) is 0 Å². The average molecular weight is 362 g/mol. The molecule has 0 amide bonds. The lowest BCUT2D eigenvalue weighted by atomic mass is 10.1. The molecule has 1 N–H and O–H groups in total. The highest BCUT2D eigenvalue weighted by Gasteiger charge is 2.24. The van der Waals surface area contributed by atoms with Crippen LogP contribution in [-0.4, -0.2) is 29.9 Å². The van der Waals surface area contributed by atoms with E-state index < -0.39 is 0 Å². The summed E-state index contributed by atoms with van der Waals surface area (Å²) < 4.78 is 12.3. The summed E-state index contributed by atoms with van der Waals surface area (Å²) in [5, 5.41) is 10.7. The van der Waals surface area contributed by atoms with Gasteiger partial charge in [0.15, 0.2) is 0 Å². The maximum absolute atomic E-state index is 10.7. The van der Waals surface area contributed by atoms with Gasteiger partial charge in [0.05, 0.1) is 13.7 Å². The Morgan fingerprint density at radius 3 is 2.15 bits per heavy atom. The summed E-state index contributed by atoms with van der Waals surface area (Å²) in [6, 6.07) is 27.1. The second kappa shape index (κ2) is 9.55. The molecule has 3 rings (SSSR count). The predicted octanol–water partition coefficient (Wildman–Crippen LogP) is 4.47. The van der Waals surface area contributed by atoms with E-state index in [0.717, 1.165) is 22.4 Å². The van der Waals surface area contributed by atoms with Gasteiger partial charge in [-0.2, -0.15) is 0 Å². The van der Waals surface area contributed by atoms with Gasteiger partial charge >= 0.3 is 0 Å². The molecule has 1 unspecified atom stereocenters. The quantitative estimate of drug-likeness (QED) is 0.278. The minimum absolute atomic E-state index is 0.308. The molecule has 0 radical (unpaired) electrons. The van der Waals surface area contributed by atoms with Gasteiger partial charge in [0.1, 0.15) is 12.4 Å². The second-order valence-corrected chi connectivity index (χ2v) is 6.21. The maximum Gasteiger partial charge on any atom is 0.250 e. The molecular weight excluding hydrogens is 338 g/mol. The fraction of sp³-hybridized carbons (Fsp3) is 0.174. The van der Waals surface area contributed by atoms with Crippen LogP contribution < -0.4 is 4.74 Å². The van der Waals surface area contributed by atoms with Gasteiger partial charge in [-0.05, 0) is 34.6 Å². The first-order valence-corrected chi connectivity index (χ1v) is 8.89. The van der Waals surface area contributed by atoms with Crippen molar-refractivity contribution in [3.05, 3.63) is 102 Å². The fourth-order valence-electron chi connectivity index (χ4n) is 2.80. The van der Waals surface area contributed by atoms with E-state index >= 15 is 0 Å². The van der Waals surface area contributed by atoms with Gasteiger partial charge in [-0.3, -0.25) is 5.21 Å². The van der Waals surface area contributed by atoms with Crippen LogP contribution in [0.2, 0.25) is 0 Å². The molecule has 3 aromatic carbocycles. The minimum atomic E-state index is -0.308. The minimum Gasteiger partial charge on any atom is -0.497 e. The van der Waals surface area contributed by atoms with Crippen molar-refractivity contribution in [2.75, 3.05) is 13.7 Å². The Morgan fingerprint density at radius 1 is 0.889 bits per heavy atom. The van der Waals surface area contributed by atoms with Crippen LogP contribution in [0.15, 0.2) is 84.9 Å². The van der Waals surface area contributed by atoms with Crippen LogP contribution in [0.3, 0.4) is 0 Å². The molecule has 0 spiro atoms. The maximum atomic E-state index is 10.7. The summed E-state index contributed by atoms with van der Waals surface area (Å²) in [4.78, 5) is 0. The third-order valence-corrected chi connectivity index (χ3v) is 4.29. The SMILES string of the molecule is COc1ccc(/C=[N+](/O)C(COCc2ccccc2)c2ccccc2)cc1. The highest BCUT2D eigenvalue weighted by molar-refractivity contribution is 5.75. The number of ether oxygens (including phenoxy) is 2. The van der Waals surface area contributed by atoms with Crippen molar-refractivity contribution in [3.63, 3.8) is 0 Å². The number of rotatable bonds is 8. The third-order valence-electron chi connectivity index (χ3n) is 4.29. The van der Waals surface area contributed by atoms with Crippen LogP contribution in [0.4, 0.5) is 0 Å². The summed E-state index contributed by atoms with van der Waals surface area (Å²) in [6.07, 6.45) is 1.70. The Balaban J connectivity index is 1.75. The van der Waals surface area contributed by atoms with E-state index in [2.05, 4.69) is 0 Å². The molecular formula is C23H24NO3+. The first-order valence-electron chi connectivity index (χ1n) is 8.89. The number of methoxy groups -OCH3 is 1. The van der Waals surface area contributed by atoms with Crippen molar-refractivity contribution in [1.29, 1.82) is 0 Å². The van der Waals surface area contributed by atoms with E-state index in [1.54, 1.807) is 13.3 Å². The van der Waals surface area contributed by atoms with Crippen molar-refractivity contribution in [2.24, 2.45) is 0 Å². The summed E-state index contributed by atoms with van der Waals surface area (Å²) in [6.45, 7) is 0.864. The Bertz CT molecular complexity index is 846. The van der Waals surface area contributed by atoms with Crippen molar-refractivity contribution < 1.29 is 19.4 Å². The van der Waals surface area contributed by atoms with Crippen LogP contribution >= 0.6 is 0 Å². The molecule has 4 heteroatoms. The molecule has 0 aliphatic heterocycles. The average Bonchev–Trinajstić information content (AvgIpc) is 2.73. The van der Waals surface area contributed by atoms with Crippen LogP contribution in [0.25, 0.3) is 0 Å². The van der Waals surface area contributed by atoms with Gasteiger partial charge in [-0.15, -0.1) is 0 Å². The Kier molecular flexibility index (Phi) is 6.61. The largest absolute Gasteiger partial charge is 0.497 e. The number of hydrogen-bond donors (Lipinski definition) is 1. The molecule has 0 fully saturated rings. The predicted molar refractivity (Wildman–Crippen MR) is 105 cm³/mol. The number of nitrogens with zero attached hydrogens (tertiary/aromatic N) is 1. The molecule has 4 nitrogen and oxygen atoms in total. The van der Waals surface area contributed by atoms with Gasteiger partial charge in [0, 0.05) is 11.1 Å². The van der Waals surface area contributed by atoms with E-state index in [-0.39, 0.29) is 6.04 Å². The monoisotopic (exact) mass is 362 g/mol. The Morgan fingerprint density at radius 2 is 1.52 bits per heavy atom. The first-order chi connectivity index (χ1) is 13.3. The summed E-state index contributed by atoms with van der Waals surface area (Å²) in [7, 11) is 1.63. The van der Waals surface area contributed by atoms with Crippen molar-refractivity contribution in [3.8, 4) is 5.75 Å². The molecule has 1 atom stereocenters. The first kappa shape index (κ1) is 18.7. The molecule has 0 saturated heterocycles. The third kappa shape index (κ3) is 5.43. The summed E-state index contributed by atoms with van der Waals surface area (Å²) in [5.41, 5.74) is 2.97. The van der Waals surface area contributed by atoms with E-state index in [0.29, 0.717) is 13.2 Å². The van der Waals surface area contributed by atoms with Crippen LogP contribution in [-0.2, 0) is 11.3 Å². The molecule has 0 aliphatic carbocycles. The Hall–Kier alpha value is -3.11. The van der Waals surface area contributed by atoms with E-state index in [4.69, 9.17) is 9.47 Å². The fourth-order valence-corrected chi connectivity index (χ4v) is 2.80. The van der Waals surface area contributed by atoms with E-state index in [1.165, 1.54) is 4.74 Å². The van der Waals surface area contributed by atoms with Crippen LogP contribution in [0.5, 0.6) is 5.75 Å². The molecule has 138 valence electrons. The Labute approximate surface area is 159 Å². The molecule has 27 heavy (non-hydrogen) atoms. The summed E-state index contributed by atoms with van der Waals surface area (Å²) in [5.74, 6) is 0.780. The van der Waals surface area contributed by atoms with E-state index in [1.807, 2.05) is 84.9 Å². The highest BCUT2D eigenvalue weighted by Crippen LogP contribution is 2.18. The molecule has 0 aliphatic rings. The van der Waals surface area contributed by atoms with Crippen molar-refractivity contribution in [2.45, 2.75) is 12.6 Å². The van der Waals surface area contributed by atoms with Gasteiger partial charge in [-0.25, -0.2) is 0 Å². The zero-order chi connectivity index (χ0) is 18.9. The lowest BCUT2D eigenvalue weighted by molar-refractivity contribution is -0.802. The zero-order valence-corrected chi connectivity index (χ0v) is 15.4. The topological polar surface area (TPSA) is 41.7 Å². The van der Waals surface area contributed by atoms with E-state index in [9.17, 15) is 5.21 Å². The standard InChI is InChI=1S/C23H24NO3/c1-26-22-14-12-19(13-15-22)16-24(25)23(21-10-6-3-7-11-21)18-27-17-20-8-4-2-5-9-20/h2-16,23,25H,17-18H2,1H3/q+1/b24-16+. The van der Waals surface area contributed by atoms with Crippen LogP contribution in [0.1, 0.15) is 22.7 Å². The molecule has 0 saturated carbocycles. The van der Waals surface area contributed by atoms with Gasteiger partial charge in [0.2, 0.25) is 12.3 Å². The molecule has 0 bridgehead atoms. The second-order valence-electron chi connectivity index (χ2n) is 6.21. The van der Waals surface area contributed by atoms with Crippen molar-refractivity contribution >= 4 is 6.21 Å². The van der Waals surface area contributed by atoms with Gasteiger partial charge < -0.3 is 9.47 Å². The van der Waals surface area contributed by atoms with Crippen LogP contribution in [0, 0.1) is 0 Å². The smallest absolute Gasteiger partial charge is 0.250 e. The van der Waals surface area contributed by atoms with Gasteiger partial charge in [-0.1, -0.05) is 60.7 Å². The zero-order valence-electron chi connectivity index (χ0n) is 15.4. The molecule has 3 aromatic rings. The lowest BCUT2D eigenvalue weighted by Crippen LogP contribution is -2.22. The highest BCUT2D eigenvalue weighted by atomic mass is 16.5. The lowest BCUT2D eigenvalue weighted by Gasteiger charge is -2.12. The normalized spacial score (nSPS) is 12.6. The molecule has 0 aromatic heterocycles.